The number of furan rings is 1. The molecule has 0 aliphatic carbocycles. The van der Waals surface area contributed by atoms with Crippen LogP contribution in [-0.2, 0) is 12.7 Å². The lowest BCUT2D eigenvalue weighted by molar-refractivity contribution is -0.141. The molecule has 0 unspecified atom stereocenters. The molecule has 0 aliphatic heterocycles. The molecule has 0 spiro atoms. The molecule has 2 heterocycles. The van der Waals surface area contributed by atoms with E-state index in [-0.39, 0.29) is 24.4 Å². The Bertz CT molecular complexity index is 599. The zero-order valence-electron chi connectivity index (χ0n) is 12.2. The van der Waals surface area contributed by atoms with Gasteiger partial charge in [-0.25, -0.2) is 4.98 Å². The average Bonchev–Trinajstić information content (AvgIpc) is 2.97. The Balaban J connectivity index is 2.21. The summed E-state index contributed by atoms with van der Waals surface area (Å²) in [5.74, 6) is 0.638. The largest absolute Gasteiger partial charge is 0.467 e. The molecule has 0 aromatic carbocycles. The van der Waals surface area contributed by atoms with Crippen LogP contribution >= 0.6 is 0 Å². The highest BCUT2D eigenvalue weighted by Gasteiger charge is 2.33. The van der Waals surface area contributed by atoms with Gasteiger partial charge in [-0.15, -0.1) is 0 Å². The second-order valence-corrected chi connectivity index (χ2v) is 4.85. The molecule has 0 radical (unpaired) electrons. The number of nitrogens with one attached hydrogen (secondary N) is 2. The molecule has 0 fully saturated rings. The molecule has 0 aliphatic rings. The van der Waals surface area contributed by atoms with E-state index in [4.69, 9.17) is 4.42 Å². The first-order valence-corrected chi connectivity index (χ1v) is 6.87. The molecular weight excluding hydrogens is 297 g/mol. The number of hydrogen-bond donors (Lipinski definition) is 2. The predicted molar refractivity (Wildman–Crippen MR) is 76.4 cm³/mol. The third-order valence-corrected chi connectivity index (χ3v) is 3.03. The fourth-order valence-electron chi connectivity index (χ4n) is 1.66. The predicted octanol–water partition coefficient (Wildman–Crippen LogP) is 3.91. The molecule has 0 saturated carbocycles. The summed E-state index contributed by atoms with van der Waals surface area (Å²) in [6.45, 7) is 4.00. The number of nitrogens with zero attached hydrogens (tertiary/aromatic N) is 2. The first-order valence-electron chi connectivity index (χ1n) is 6.87. The molecule has 22 heavy (non-hydrogen) atoms. The van der Waals surface area contributed by atoms with E-state index in [1.165, 1.54) is 6.26 Å². The summed E-state index contributed by atoms with van der Waals surface area (Å²) in [5, 5.41) is 5.66. The zero-order valence-corrected chi connectivity index (χ0v) is 12.2. The fourth-order valence-corrected chi connectivity index (χ4v) is 1.66. The van der Waals surface area contributed by atoms with E-state index in [0.29, 0.717) is 5.76 Å². The van der Waals surface area contributed by atoms with Crippen molar-refractivity contribution in [2.45, 2.75) is 39.0 Å². The highest BCUT2D eigenvalue weighted by molar-refractivity contribution is 5.43. The van der Waals surface area contributed by atoms with Crippen LogP contribution < -0.4 is 10.6 Å². The van der Waals surface area contributed by atoms with Gasteiger partial charge in [0.2, 0.25) is 5.95 Å². The van der Waals surface area contributed by atoms with E-state index in [9.17, 15) is 13.2 Å². The standard InChI is InChI=1S/C14H17F3N4O/c1-3-9(2)19-13-20-11(14(15,16)17)7-12(21-13)18-8-10-5-4-6-22-10/h4-7,9H,3,8H2,1-2H3,(H2,18,19,20,21)/t9-/m0/s1. The Labute approximate surface area is 126 Å². The number of halogens is 3. The van der Waals surface area contributed by atoms with Gasteiger partial charge in [0, 0.05) is 12.1 Å². The van der Waals surface area contributed by atoms with Crippen molar-refractivity contribution >= 4 is 11.8 Å². The van der Waals surface area contributed by atoms with E-state index < -0.39 is 11.9 Å². The molecule has 120 valence electrons. The Morgan fingerprint density at radius 2 is 2.09 bits per heavy atom. The summed E-state index contributed by atoms with van der Waals surface area (Å²) in [7, 11) is 0. The molecule has 2 N–H and O–H groups in total. The van der Waals surface area contributed by atoms with Gasteiger partial charge >= 0.3 is 6.18 Å². The number of aromatic nitrogens is 2. The first kappa shape index (κ1) is 16.1. The summed E-state index contributed by atoms with van der Waals surface area (Å²) < 4.78 is 43.9. The molecule has 0 bridgehead atoms. The molecule has 2 rings (SSSR count). The number of rotatable bonds is 6. The van der Waals surface area contributed by atoms with Crippen molar-refractivity contribution < 1.29 is 17.6 Å². The van der Waals surface area contributed by atoms with Gasteiger partial charge in [0.05, 0.1) is 12.8 Å². The summed E-state index contributed by atoms with van der Waals surface area (Å²) in [5.41, 5.74) is -0.991. The normalized spacial score (nSPS) is 13.0. The molecule has 1 atom stereocenters. The number of alkyl halides is 3. The maximum Gasteiger partial charge on any atom is 0.433 e. The van der Waals surface area contributed by atoms with Gasteiger partial charge in [-0.05, 0) is 25.5 Å². The minimum absolute atomic E-state index is 0.0265. The van der Waals surface area contributed by atoms with Crippen LogP contribution in [0.15, 0.2) is 28.9 Å². The molecule has 8 heteroatoms. The van der Waals surface area contributed by atoms with Crippen LogP contribution in [0.2, 0.25) is 0 Å². The van der Waals surface area contributed by atoms with Crippen LogP contribution in [0.5, 0.6) is 0 Å². The maximum atomic E-state index is 12.9. The quantitative estimate of drug-likeness (QED) is 0.846. The van der Waals surface area contributed by atoms with Gasteiger partial charge < -0.3 is 15.1 Å². The van der Waals surface area contributed by atoms with Gasteiger partial charge in [-0.1, -0.05) is 6.92 Å². The van der Waals surface area contributed by atoms with Crippen LogP contribution in [0.25, 0.3) is 0 Å². The van der Waals surface area contributed by atoms with Crippen molar-refractivity contribution in [2.24, 2.45) is 0 Å². The highest BCUT2D eigenvalue weighted by atomic mass is 19.4. The Hall–Kier alpha value is -2.25. The maximum absolute atomic E-state index is 12.9. The third-order valence-electron chi connectivity index (χ3n) is 3.03. The molecule has 2 aromatic rings. The average molecular weight is 314 g/mol. The van der Waals surface area contributed by atoms with Crippen molar-refractivity contribution in [1.82, 2.24) is 9.97 Å². The first-order chi connectivity index (χ1) is 10.4. The SMILES string of the molecule is CC[C@H](C)Nc1nc(NCc2ccco2)cc(C(F)(F)F)n1. The van der Waals surface area contributed by atoms with E-state index in [2.05, 4.69) is 20.6 Å². The highest BCUT2D eigenvalue weighted by Crippen LogP contribution is 2.30. The number of anilines is 2. The fraction of sp³-hybridized carbons (Fsp3) is 0.429. The summed E-state index contributed by atoms with van der Waals surface area (Å²) >= 11 is 0. The molecule has 0 saturated heterocycles. The van der Waals surface area contributed by atoms with Crippen LogP contribution in [0, 0.1) is 0 Å². The lowest BCUT2D eigenvalue weighted by atomic mass is 10.3. The minimum atomic E-state index is -4.53. The molecule has 5 nitrogen and oxygen atoms in total. The molecule has 0 amide bonds. The second-order valence-electron chi connectivity index (χ2n) is 4.85. The lowest BCUT2D eigenvalue weighted by Crippen LogP contribution is -2.19. The molecular formula is C14H17F3N4O. The van der Waals surface area contributed by atoms with E-state index in [1.54, 1.807) is 12.1 Å². The van der Waals surface area contributed by atoms with E-state index in [1.807, 2.05) is 13.8 Å². The third kappa shape index (κ3) is 4.37. The van der Waals surface area contributed by atoms with Crippen LogP contribution in [-0.4, -0.2) is 16.0 Å². The molecule has 2 aromatic heterocycles. The van der Waals surface area contributed by atoms with Crippen molar-refractivity contribution in [2.75, 3.05) is 10.6 Å². The smallest absolute Gasteiger partial charge is 0.433 e. The number of hydrogen-bond acceptors (Lipinski definition) is 5. The lowest BCUT2D eigenvalue weighted by Gasteiger charge is -2.15. The van der Waals surface area contributed by atoms with Crippen LogP contribution in [0.1, 0.15) is 31.7 Å². The van der Waals surface area contributed by atoms with Crippen LogP contribution in [0.3, 0.4) is 0 Å². The van der Waals surface area contributed by atoms with Gasteiger partial charge in [-0.3, -0.25) is 0 Å². The second kappa shape index (κ2) is 6.67. The Morgan fingerprint density at radius 1 is 1.32 bits per heavy atom. The minimum Gasteiger partial charge on any atom is -0.467 e. The van der Waals surface area contributed by atoms with Crippen molar-refractivity contribution in [3.63, 3.8) is 0 Å². The van der Waals surface area contributed by atoms with Gasteiger partial charge in [-0.2, -0.15) is 18.2 Å². The zero-order chi connectivity index (χ0) is 16.2. The van der Waals surface area contributed by atoms with Crippen LogP contribution in [0.4, 0.5) is 24.9 Å². The Kier molecular flexibility index (Phi) is 4.89. The summed E-state index contributed by atoms with van der Waals surface area (Å²) in [6, 6.07) is 4.28. The Morgan fingerprint density at radius 3 is 2.68 bits per heavy atom. The monoisotopic (exact) mass is 314 g/mol. The van der Waals surface area contributed by atoms with Gasteiger partial charge in [0.1, 0.15) is 11.6 Å². The van der Waals surface area contributed by atoms with Gasteiger partial charge in [0.15, 0.2) is 5.69 Å². The van der Waals surface area contributed by atoms with Gasteiger partial charge in [0.25, 0.3) is 0 Å². The van der Waals surface area contributed by atoms with Crippen molar-refractivity contribution in [3.8, 4) is 0 Å². The van der Waals surface area contributed by atoms with E-state index >= 15 is 0 Å². The summed E-state index contributed by atoms with van der Waals surface area (Å²) in [6.07, 6.45) is -2.29. The van der Waals surface area contributed by atoms with Crippen molar-refractivity contribution in [1.29, 1.82) is 0 Å². The van der Waals surface area contributed by atoms with E-state index in [0.717, 1.165) is 12.5 Å². The topological polar surface area (TPSA) is 63.0 Å². The summed E-state index contributed by atoms with van der Waals surface area (Å²) in [4.78, 5) is 7.59. The van der Waals surface area contributed by atoms with Crippen molar-refractivity contribution in [3.05, 3.63) is 35.9 Å².